The second-order valence-electron chi connectivity index (χ2n) is 12.5. The van der Waals surface area contributed by atoms with Crippen LogP contribution in [-0.4, -0.2) is 4.57 Å². The van der Waals surface area contributed by atoms with Crippen LogP contribution in [0.2, 0.25) is 0 Å². The van der Waals surface area contributed by atoms with Crippen molar-refractivity contribution >= 4 is 71.6 Å². The van der Waals surface area contributed by atoms with Gasteiger partial charge in [-0.25, -0.2) is 0 Å². The van der Waals surface area contributed by atoms with Gasteiger partial charge in [-0.15, -0.1) is 0 Å². The van der Waals surface area contributed by atoms with Crippen molar-refractivity contribution in [2.75, 3.05) is 4.90 Å². The maximum absolute atomic E-state index is 6.67. The number of rotatable bonds is 5. The second-order valence-corrected chi connectivity index (χ2v) is 12.5. The standard InChI is InChI=1S/C46H30N2O/c1-4-16-32(17-5-1)43-44-38-24-14-25-39(47(34-19-6-2-7-20-34)35-21-8-3-9-22-35)46(38)48(36-28-27-31-15-10-11-18-33(31)29-36)40(44)30-42-45(43)37-23-12-13-26-41(37)49-42/h1-30H. The predicted molar refractivity (Wildman–Crippen MR) is 206 cm³/mol. The Kier molecular flexibility index (Phi) is 6.18. The minimum atomic E-state index is 0.877. The highest BCUT2D eigenvalue weighted by molar-refractivity contribution is 6.28. The Hall–Kier alpha value is -6.58. The summed E-state index contributed by atoms with van der Waals surface area (Å²) in [6.45, 7) is 0. The zero-order valence-corrected chi connectivity index (χ0v) is 26.6. The van der Waals surface area contributed by atoms with Crippen LogP contribution in [0.4, 0.5) is 17.1 Å². The van der Waals surface area contributed by atoms with E-state index in [-0.39, 0.29) is 0 Å². The average molecular weight is 627 g/mol. The Bertz CT molecular complexity index is 2770. The smallest absolute Gasteiger partial charge is 0.138 e. The van der Waals surface area contributed by atoms with E-state index in [0.29, 0.717) is 0 Å². The molecule has 49 heavy (non-hydrogen) atoms. The maximum Gasteiger partial charge on any atom is 0.138 e. The van der Waals surface area contributed by atoms with E-state index in [0.717, 1.165) is 61.3 Å². The monoisotopic (exact) mass is 626 g/mol. The molecule has 0 aliphatic carbocycles. The summed E-state index contributed by atoms with van der Waals surface area (Å²) in [5, 5.41) is 7.06. The number of benzene rings is 8. The Morgan fingerprint density at radius 2 is 1.08 bits per heavy atom. The van der Waals surface area contributed by atoms with Crippen LogP contribution in [0.3, 0.4) is 0 Å². The van der Waals surface area contributed by atoms with Crippen LogP contribution in [-0.2, 0) is 0 Å². The third kappa shape index (κ3) is 4.29. The number of fused-ring (bicyclic) bond motifs is 7. The van der Waals surface area contributed by atoms with E-state index in [1.807, 2.05) is 6.07 Å². The van der Waals surface area contributed by atoms with Gasteiger partial charge < -0.3 is 13.9 Å². The fourth-order valence-corrected chi connectivity index (χ4v) is 7.65. The summed E-state index contributed by atoms with van der Waals surface area (Å²) in [6.07, 6.45) is 0. The third-order valence-corrected chi connectivity index (χ3v) is 9.72. The number of anilines is 3. The van der Waals surface area contributed by atoms with Gasteiger partial charge in [-0.1, -0.05) is 127 Å². The Balaban J connectivity index is 1.43. The molecule has 0 aliphatic heterocycles. The minimum Gasteiger partial charge on any atom is -0.456 e. The summed E-state index contributed by atoms with van der Waals surface area (Å²) >= 11 is 0. The molecule has 0 saturated carbocycles. The first-order valence-electron chi connectivity index (χ1n) is 16.7. The number of hydrogen-bond acceptors (Lipinski definition) is 2. The summed E-state index contributed by atoms with van der Waals surface area (Å²) in [6, 6.07) is 64.9. The van der Waals surface area contributed by atoms with Gasteiger partial charge in [-0.2, -0.15) is 0 Å². The zero-order valence-electron chi connectivity index (χ0n) is 26.6. The minimum absolute atomic E-state index is 0.877. The van der Waals surface area contributed by atoms with Gasteiger partial charge in [0.2, 0.25) is 0 Å². The molecule has 10 aromatic rings. The summed E-state index contributed by atoms with van der Waals surface area (Å²) in [5.41, 5.74) is 10.7. The molecule has 0 aliphatic rings. The zero-order chi connectivity index (χ0) is 32.3. The van der Waals surface area contributed by atoms with E-state index in [1.54, 1.807) is 0 Å². The summed E-state index contributed by atoms with van der Waals surface area (Å²) in [7, 11) is 0. The molecule has 0 saturated heterocycles. The van der Waals surface area contributed by atoms with Gasteiger partial charge in [0.05, 0.1) is 16.7 Å². The van der Waals surface area contributed by atoms with Crippen molar-refractivity contribution in [2.45, 2.75) is 0 Å². The Morgan fingerprint density at radius 3 is 1.84 bits per heavy atom. The molecule has 0 amide bonds. The van der Waals surface area contributed by atoms with E-state index >= 15 is 0 Å². The first-order valence-corrected chi connectivity index (χ1v) is 16.7. The molecule has 8 aromatic carbocycles. The Labute approximate surface area is 283 Å². The fraction of sp³-hybridized carbons (Fsp3) is 0. The molecule has 3 heteroatoms. The number of para-hydroxylation sites is 4. The predicted octanol–water partition coefficient (Wildman–Crippen LogP) is 13.0. The van der Waals surface area contributed by atoms with E-state index in [2.05, 4.69) is 185 Å². The fourth-order valence-electron chi connectivity index (χ4n) is 7.65. The third-order valence-electron chi connectivity index (χ3n) is 9.72. The summed E-state index contributed by atoms with van der Waals surface area (Å²) in [5.74, 6) is 0. The van der Waals surface area contributed by atoms with E-state index < -0.39 is 0 Å². The van der Waals surface area contributed by atoms with Crippen molar-refractivity contribution in [1.29, 1.82) is 0 Å². The Morgan fingerprint density at radius 1 is 0.449 bits per heavy atom. The van der Waals surface area contributed by atoms with E-state index in [4.69, 9.17) is 4.42 Å². The van der Waals surface area contributed by atoms with Crippen molar-refractivity contribution < 1.29 is 4.42 Å². The van der Waals surface area contributed by atoms with Crippen LogP contribution in [0.5, 0.6) is 0 Å². The molecule has 0 radical (unpaired) electrons. The van der Waals surface area contributed by atoms with Crippen molar-refractivity contribution in [3.05, 3.63) is 182 Å². The molecule has 230 valence electrons. The largest absolute Gasteiger partial charge is 0.456 e. The van der Waals surface area contributed by atoms with Gasteiger partial charge in [0.1, 0.15) is 11.2 Å². The highest BCUT2D eigenvalue weighted by atomic mass is 16.3. The number of nitrogens with zero attached hydrogens (tertiary/aromatic N) is 2. The van der Waals surface area contributed by atoms with Crippen LogP contribution in [0, 0.1) is 0 Å². The van der Waals surface area contributed by atoms with Gasteiger partial charge in [-0.3, -0.25) is 0 Å². The van der Waals surface area contributed by atoms with Crippen molar-refractivity contribution in [1.82, 2.24) is 4.57 Å². The molecule has 2 aromatic heterocycles. The quantitative estimate of drug-likeness (QED) is 0.190. The summed E-state index contributed by atoms with van der Waals surface area (Å²) in [4.78, 5) is 2.38. The first-order chi connectivity index (χ1) is 24.3. The van der Waals surface area contributed by atoms with Crippen LogP contribution in [0.25, 0.3) is 71.3 Å². The molecule has 0 N–H and O–H groups in total. The number of aromatic nitrogens is 1. The van der Waals surface area contributed by atoms with E-state index in [9.17, 15) is 0 Å². The molecule has 10 rings (SSSR count). The highest BCUT2D eigenvalue weighted by Crippen LogP contribution is 2.49. The molecule has 3 nitrogen and oxygen atoms in total. The maximum atomic E-state index is 6.67. The van der Waals surface area contributed by atoms with Crippen molar-refractivity contribution in [3.63, 3.8) is 0 Å². The SMILES string of the molecule is c1ccc(-c2c3c(cc4c2c2cccc(N(c5ccccc5)c5ccccc5)c2n4-c2ccc4ccccc4c2)oc2ccccc23)cc1. The van der Waals surface area contributed by atoms with Gasteiger partial charge in [0.25, 0.3) is 0 Å². The lowest BCUT2D eigenvalue weighted by molar-refractivity contribution is 0.669. The van der Waals surface area contributed by atoms with Crippen molar-refractivity contribution in [3.8, 4) is 16.8 Å². The summed E-state index contributed by atoms with van der Waals surface area (Å²) < 4.78 is 9.12. The van der Waals surface area contributed by atoms with Gasteiger partial charge in [-0.05, 0) is 64.9 Å². The van der Waals surface area contributed by atoms with E-state index in [1.165, 1.54) is 27.1 Å². The molecule has 2 heterocycles. The molecule has 0 bridgehead atoms. The highest BCUT2D eigenvalue weighted by Gasteiger charge is 2.26. The molecule has 0 fully saturated rings. The van der Waals surface area contributed by atoms with Crippen LogP contribution < -0.4 is 4.90 Å². The lowest BCUT2D eigenvalue weighted by Crippen LogP contribution is -2.11. The second kappa shape index (κ2) is 11.0. The molecule has 0 atom stereocenters. The lowest BCUT2D eigenvalue weighted by Gasteiger charge is -2.27. The molecular weight excluding hydrogens is 597 g/mol. The van der Waals surface area contributed by atoms with Gasteiger partial charge in [0.15, 0.2) is 0 Å². The first kappa shape index (κ1) is 27.5. The van der Waals surface area contributed by atoms with Gasteiger partial charge >= 0.3 is 0 Å². The van der Waals surface area contributed by atoms with Crippen LogP contribution in [0.1, 0.15) is 0 Å². The normalized spacial score (nSPS) is 11.7. The topological polar surface area (TPSA) is 21.3 Å². The lowest BCUT2D eigenvalue weighted by atomic mass is 9.94. The number of hydrogen-bond donors (Lipinski definition) is 0. The molecular formula is C46H30N2O. The molecule has 0 spiro atoms. The average Bonchev–Trinajstić information content (AvgIpc) is 3.71. The van der Waals surface area contributed by atoms with Crippen LogP contribution >= 0.6 is 0 Å². The number of furan rings is 1. The van der Waals surface area contributed by atoms with Crippen molar-refractivity contribution in [2.24, 2.45) is 0 Å². The van der Waals surface area contributed by atoms with Gasteiger partial charge in [0, 0.05) is 50.2 Å². The van der Waals surface area contributed by atoms with Crippen LogP contribution in [0.15, 0.2) is 186 Å². The molecule has 0 unspecified atom stereocenters.